The van der Waals surface area contributed by atoms with Crippen molar-refractivity contribution < 1.29 is 4.79 Å². The first-order valence-corrected chi connectivity index (χ1v) is 8.69. The molecule has 1 atom stereocenters. The Morgan fingerprint density at radius 2 is 2.00 bits per heavy atom. The van der Waals surface area contributed by atoms with Crippen LogP contribution >= 0.6 is 11.8 Å². The SMILES string of the molecule is Cc1cc(C)n2nc(SCC(=O)N[C@@H](C)c3ccccc3)nc2n1. The zero-order valence-corrected chi connectivity index (χ0v) is 14.7. The highest BCUT2D eigenvalue weighted by atomic mass is 32.2. The topological polar surface area (TPSA) is 72.2 Å². The number of hydrogen-bond donors (Lipinski definition) is 1. The molecule has 0 aliphatic carbocycles. The highest BCUT2D eigenvalue weighted by molar-refractivity contribution is 7.99. The summed E-state index contributed by atoms with van der Waals surface area (Å²) in [5, 5.41) is 7.93. The maximum absolute atomic E-state index is 12.1. The van der Waals surface area contributed by atoms with Crippen LogP contribution in [0.4, 0.5) is 0 Å². The van der Waals surface area contributed by atoms with E-state index in [1.54, 1.807) is 4.52 Å². The molecule has 0 bridgehead atoms. The van der Waals surface area contributed by atoms with Crippen LogP contribution in [0.1, 0.15) is 29.9 Å². The zero-order valence-electron chi connectivity index (χ0n) is 13.9. The van der Waals surface area contributed by atoms with Crippen LogP contribution in [0.2, 0.25) is 0 Å². The predicted molar refractivity (Wildman–Crippen MR) is 94.0 cm³/mol. The van der Waals surface area contributed by atoms with E-state index >= 15 is 0 Å². The molecule has 0 radical (unpaired) electrons. The van der Waals surface area contributed by atoms with Gasteiger partial charge in [-0.25, -0.2) is 9.50 Å². The number of aromatic nitrogens is 4. The maximum Gasteiger partial charge on any atom is 0.253 e. The number of aryl methyl sites for hydroxylation is 2. The van der Waals surface area contributed by atoms with Gasteiger partial charge in [0.2, 0.25) is 11.1 Å². The van der Waals surface area contributed by atoms with E-state index in [0.29, 0.717) is 10.9 Å². The van der Waals surface area contributed by atoms with Crippen molar-refractivity contribution in [1.82, 2.24) is 24.9 Å². The monoisotopic (exact) mass is 341 g/mol. The number of nitrogens with one attached hydrogen (secondary N) is 1. The Balaban J connectivity index is 1.61. The van der Waals surface area contributed by atoms with Crippen LogP contribution in [0, 0.1) is 13.8 Å². The molecule has 0 aliphatic rings. The Kier molecular flexibility index (Phi) is 4.80. The summed E-state index contributed by atoms with van der Waals surface area (Å²) in [7, 11) is 0. The van der Waals surface area contributed by atoms with Crippen LogP contribution in [0.25, 0.3) is 5.78 Å². The van der Waals surface area contributed by atoms with Gasteiger partial charge in [0.05, 0.1) is 11.8 Å². The molecule has 3 aromatic rings. The van der Waals surface area contributed by atoms with Crippen molar-refractivity contribution >= 4 is 23.4 Å². The van der Waals surface area contributed by atoms with Gasteiger partial charge in [-0.2, -0.15) is 4.98 Å². The summed E-state index contributed by atoms with van der Waals surface area (Å²) in [5.41, 5.74) is 2.95. The first-order chi connectivity index (χ1) is 11.5. The Morgan fingerprint density at radius 3 is 2.75 bits per heavy atom. The largest absolute Gasteiger partial charge is 0.349 e. The second-order valence-corrected chi connectivity index (χ2v) is 6.58. The summed E-state index contributed by atoms with van der Waals surface area (Å²) in [6, 6.07) is 11.8. The molecule has 2 heterocycles. The van der Waals surface area contributed by atoms with Gasteiger partial charge in [0.25, 0.3) is 5.78 Å². The van der Waals surface area contributed by atoms with Crippen molar-refractivity contribution in [2.75, 3.05) is 5.75 Å². The highest BCUT2D eigenvalue weighted by Crippen LogP contribution is 2.16. The minimum absolute atomic E-state index is 0.0279. The smallest absolute Gasteiger partial charge is 0.253 e. The van der Waals surface area contributed by atoms with E-state index in [9.17, 15) is 4.79 Å². The molecule has 1 N–H and O–H groups in total. The lowest BCUT2D eigenvalue weighted by Crippen LogP contribution is -2.28. The Morgan fingerprint density at radius 1 is 1.25 bits per heavy atom. The third-order valence-corrected chi connectivity index (χ3v) is 4.45. The van der Waals surface area contributed by atoms with Gasteiger partial charge in [-0.1, -0.05) is 42.1 Å². The predicted octanol–water partition coefficient (Wildman–Crippen LogP) is 2.71. The molecule has 0 fully saturated rings. The lowest BCUT2D eigenvalue weighted by atomic mass is 10.1. The van der Waals surface area contributed by atoms with E-state index in [2.05, 4.69) is 20.4 Å². The number of carbonyl (C=O) groups excluding carboxylic acids is 1. The molecule has 6 nitrogen and oxygen atoms in total. The van der Waals surface area contributed by atoms with E-state index in [-0.39, 0.29) is 17.7 Å². The fraction of sp³-hybridized carbons (Fsp3) is 0.294. The third kappa shape index (κ3) is 3.73. The summed E-state index contributed by atoms with van der Waals surface area (Å²) in [6.07, 6.45) is 0. The average molecular weight is 341 g/mol. The van der Waals surface area contributed by atoms with E-state index < -0.39 is 0 Å². The molecular weight excluding hydrogens is 322 g/mol. The molecule has 7 heteroatoms. The lowest BCUT2D eigenvalue weighted by Gasteiger charge is -2.13. The van der Waals surface area contributed by atoms with Gasteiger partial charge < -0.3 is 5.32 Å². The number of nitrogens with zero attached hydrogens (tertiary/aromatic N) is 4. The van der Waals surface area contributed by atoms with Crippen molar-refractivity contribution in [3.63, 3.8) is 0 Å². The molecule has 3 rings (SSSR count). The summed E-state index contributed by atoms with van der Waals surface area (Å²) >= 11 is 1.31. The Bertz CT molecular complexity index is 862. The van der Waals surface area contributed by atoms with Crippen molar-refractivity contribution in [2.45, 2.75) is 32.0 Å². The summed E-state index contributed by atoms with van der Waals surface area (Å²) < 4.78 is 1.69. The molecule has 124 valence electrons. The lowest BCUT2D eigenvalue weighted by molar-refractivity contribution is -0.119. The molecule has 1 amide bonds. The number of hydrogen-bond acceptors (Lipinski definition) is 5. The van der Waals surface area contributed by atoms with Crippen LogP contribution in [0.5, 0.6) is 0 Å². The summed E-state index contributed by atoms with van der Waals surface area (Å²) in [6.45, 7) is 5.85. The van der Waals surface area contributed by atoms with Gasteiger partial charge in [-0.3, -0.25) is 4.79 Å². The van der Waals surface area contributed by atoms with Crippen molar-refractivity contribution in [3.8, 4) is 0 Å². The number of thioether (sulfide) groups is 1. The first-order valence-electron chi connectivity index (χ1n) is 7.71. The first kappa shape index (κ1) is 16.4. The second-order valence-electron chi connectivity index (χ2n) is 5.63. The van der Waals surface area contributed by atoms with Gasteiger partial charge in [0.15, 0.2) is 0 Å². The summed E-state index contributed by atoms with van der Waals surface area (Å²) in [5.74, 6) is 0.788. The van der Waals surface area contributed by atoms with E-state index in [1.807, 2.05) is 57.2 Å². The fourth-order valence-corrected chi connectivity index (χ4v) is 3.08. The normalized spacial score (nSPS) is 12.3. The average Bonchev–Trinajstić information content (AvgIpc) is 2.97. The van der Waals surface area contributed by atoms with Gasteiger partial charge in [-0.15, -0.1) is 5.10 Å². The quantitative estimate of drug-likeness (QED) is 0.723. The number of carbonyl (C=O) groups is 1. The van der Waals surface area contributed by atoms with Gasteiger partial charge in [0, 0.05) is 11.4 Å². The maximum atomic E-state index is 12.1. The molecule has 0 saturated heterocycles. The Labute approximate surface area is 144 Å². The minimum Gasteiger partial charge on any atom is -0.349 e. The molecule has 2 aromatic heterocycles. The zero-order chi connectivity index (χ0) is 17.1. The van der Waals surface area contributed by atoms with Crippen LogP contribution < -0.4 is 5.32 Å². The fourth-order valence-electron chi connectivity index (χ4n) is 2.45. The number of benzene rings is 1. The van der Waals surface area contributed by atoms with Crippen molar-refractivity contribution in [1.29, 1.82) is 0 Å². The van der Waals surface area contributed by atoms with Crippen molar-refractivity contribution in [2.24, 2.45) is 0 Å². The molecule has 0 saturated carbocycles. The van der Waals surface area contributed by atoms with E-state index in [0.717, 1.165) is 17.0 Å². The Hall–Kier alpha value is -2.41. The van der Waals surface area contributed by atoms with E-state index in [1.165, 1.54) is 11.8 Å². The third-order valence-electron chi connectivity index (χ3n) is 3.61. The van der Waals surface area contributed by atoms with Crippen LogP contribution in [0.3, 0.4) is 0 Å². The van der Waals surface area contributed by atoms with Crippen LogP contribution in [0.15, 0.2) is 41.6 Å². The molecule has 0 spiro atoms. The van der Waals surface area contributed by atoms with Crippen LogP contribution in [-0.2, 0) is 4.79 Å². The van der Waals surface area contributed by atoms with Crippen LogP contribution in [-0.4, -0.2) is 31.2 Å². The highest BCUT2D eigenvalue weighted by Gasteiger charge is 2.12. The number of fused-ring (bicyclic) bond motifs is 1. The van der Waals surface area contributed by atoms with Crippen molar-refractivity contribution in [3.05, 3.63) is 53.3 Å². The van der Waals surface area contributed by atoms with Gasteiger partial charge in [-0.05, 0) is 32.4 Å². The standard InChI is InChI=1S/C17H19N5OS/c1-11-9-12(2)22-16(18-11)20-17(21-22)24-10-15(23)19-13(3)14-7-5-4-6-8-14/h4-9,13H,10H2,1-3H3,(H,19,23)/t13-/m0/s1. The molecule has 1 aromatic carbocycles. The molecule has 24 heavy (non-hydrogen) atoms. The molecule has 0 aliphatic heterocycles. The minimum atomic E-state index is -0.0453. The second kappa shape index (κ2) is 7.00. The molecule has 0 unspecified atom stereocenters. The van der Waals surface area contributed by atoms with Gasteiger partial charge >= 0.3 is 0 Å². The number of amides is 1. The molecular formula is C17H19N5OS. The van der Waals surface area contributed by atoms with Gasteiger partial charge in [0.1, 0.15) is 0 Å². The van der Waals surface area contributed by atoms with E-state index in [4.69, 9.17) is 0 Å². The summed E-state index contributed by atoms with van der Waals surface area (Å²) in [4.78, 5) is 20.8. The number of rotatable bonds is 5.